The Morgan fingerprint density at radius 3 is 2.95 bits per heavy atom. The molecule has 0 atom stereocenters. The largest absolute Gasteiger partial charge is 0.493 e. The normalized spacial score (nSPS) is 12.6. The van der Waals surface area contributed by atoms with Crippen molar-refractivity contribution in [3.8, 4) is 5.75 Å². The Morgan fingerprint density at radius 1 is 1.24 bits per heavy atom. The van der Waals surface area contributed by atoms with E-state index in [0.29, 0.717) is 17.9 Å². The molecule has 2 aromatic rings. The van der Waals surface area contributed by atoms with Crippen molar-refractivity contribution < 1.29 is 9.53 Å². The Balaban J connectivity index is 1.91. The maximum atomic E-state index is 12.7. The van der Waals surface area contributed by atoms with Crippen LogP contribution in [0.5, 0.6) is 5.75 Å². The average molecular weight is 281 g/mol. The van der Waals surface area contributed by atoms with Crippen LogP contribution in [0.15, 0.2) is 42.5 Å². The van der Waals surface area contributed by atoms with Crippen molar-refractivity contribution in [3.05, 3.63) is 59.2 Å². The molecule has 3 heteroatoms. The van der Waals surface area contributed by atoms with Gasteiger partial charge in [-0.15, -0.1) is 0 Å². The molecule has 0 radical (unpaired) electrons. The number of rotatable bonds is 5. The number of carbonyl (C=O) groups is 1. The smallest absolute Gasteiger partial charge is 0.196 e. The summed E-state index contributed by atoms with van der Waals surface area (Å²) in [5.74, 6) is 0.694. The second-order valence-electron chi connectivity index (χ2n) is 5.22. The highest BCUT2D eigenvalue weighted by atomic mass is 16.5. The van der Waals surface area contributed by atoms with E-state index in [-0.39, 0.29) is 5.78 Å². The predicted octanol–water partition coefficient (Wildman–Crippen LogP) is 3.67. The lowest BCUT2D eigenvalue weighted by Crippen LogP contribution is -2.06. The number of para-hydroxylation sites is 1. The Bertz CT molecular complexity index is 664. The van der Waals surface area contributed by atoms with Gasteiger partial charge in [0.15, 0.2) is 5.78 Å². The van der Waals surface area contributed by atoms with Gasteiger partial charge in [0.1, 0.15) is 5.75 Å². The van der Waals surface area contributed by atoms with Gasteiger partial charge in [0.2, 0.25) is 0 Å². The molecule has 0 aliphatic carbocycles. The lowest BCUT2D eigenvalue weighted by molar-refractivity contribution is 0.103. The van der Waals surface area contributed by atoms with Crippen LogP contribution in [0.4, 0.5) is 5.69 Å². The van der Waals surface area contributed by atoms with Gasteiger partial charge in [0, 0.05) is 17.8 Å². The summed E-state index contributed by atoms with van der Waals surface area (Å²) in [6.45, 7) is 3.62. The minimum absolute atomic E-state index is 0.0244. The Hall–Kier alpha value is -2.29. The van der Waals surface area contributed by atoms with Crippen LogP contribution in [0.25, 0.3) is 0 Å². The standard InChI is InChI=1S/C18H19NO2/c1-2-11-21-17-6-4-3-5-15(17)18(20)14-7-8-16-13(12-14)9-10-19-16/h3-8,12,19H,2,9-11H2,1H3. The third kappa shape index (κ3) is 2.77. The zero-order valence-corrected chi connectivity index (χ0v) is 12.2. The van der Waals surface area contributed by atoms with E-state index < -0.39 is 0 Å². The van der Waals surface area contributed by atoms with E-state index in [2.05, 4.69) is 12.2 Å². The lowest BCUT2D eigenvalue weighted by Gasteiger charge is -2.10. The summed E-state index contributed by atoms with van der Waals surface area (Å²) < 4.78 is 5.69. The second-order valence-corrected chi connectivity index (χ2v) is 5.22. The first-order valence-corrected chi connectivity index (χ1v) is 7.43. The maximum absolute atomic E-state index is 12.7. The first kappa shape index (κ1) is 13.7. The molecule has 0 aromatic heterocycles. The number of hydrogen-bond donors (Lipinski definition) is 1. The lowest BCUT2D eigenvalue weighted by atomic mass is 9.99. The van der Waals surface area contributed by atoms with Crippen molar-refractivity contribution in [2.75, 3.05) is 18.5 Å². The van der Waals surface area contributed by atoms with Gasteiger partial charge in [-0.05, 0) is 48.7 Å². The first-order chi connectivity index (χ1) is 10.3. The molecular formula is C18H19NO2. The number of hydrogen-bond acceptors (Lipinski definition) is 3. The van der Waals surface area contributed by atoms with Crippen molar-refractivity contribution >= 4 is 11.5 Å². The third-order valence-corrected chi connectivity index (χ3v) is 3.67. The van der Waals surface area contributed by atoms with E-state index in [1.165, 1.54) is 5.56 Å². The minimum Gasteiger partial charge on any atom is -0.493 e. The van der Waals surface area contributed by atoms with Gasteiger partial charge < -0.3 is 10.1 Å². The molecule has 0 unspecified atom stereocenters. The van der Waals surface area contributed by atoms with Gasteiger partial charge in [-0.2, -0.15) is 0 Å². The van der Waals surface area contributed by atoms with Gasteiger partial charge in [-0.3, -0.25) is 4.79 Å². The van der Waals surface area contributed by atoms with E-state index in [1.807, 2.05) is 42.5 Å². The quantitative estimate of drug-likeness (QED) is 0.850. The molecule has 0 amide bonds. The van der Waals surface area contributed by atoms with Crippen LogP contribution < -0.4 is 10.1 Å². The van der Waals surface area contributed by atoms with Crippen LogP contribution in [-0.4, -0.2) is 18.9 Å². The summed E-state index contributed by atoms with van der Waals surface area (Å²) in [7, 11) is 0. The summed E-state index contributed by atoms with van der Waals surface area (Å²) in [6.07, 6.45) is 1.90. The van der Waals surface area contributed by atoms with Gasteiger partial charge in [-0.1, -0.05) is 19.1 Å². The van der Waals surface area contributed by atoms with Crippen LogP contribution in [0.3, 0.4) is 0 Å². The van der Waals surface area contributed by atoms with Gasteiger partial charge in [0.05, 0.1) is 12.2 Å². The van der Waals surface area contributed by atoms with Crippen LogP contribution >= 0.6 is 0 Å². The molecule has 1 heterocycles. The molecule has 3 nitrogen and oxygen atoms in total. The molecule has 0 fully saturated rings. The molecule has 3 rings (SSSR count). The molecule has 0 saturated carbocycles. The van der Waals surface area contributed by atoms with E-state index in [1.54, 1.807) is 0 Å². The van der Waals surface area contributed by atoms with Gasteiger partial charge >= 0.3 is 0 Å². The highest BCUT2D eigenvalue weighted by Gasteiger charge is 2.17. The van der Waals surface area contributed by atoms with Crippen molar-refractivity contribution in [1.82, 2.24) is 0 Å². The number of ether oxygens (including phenoxy) is 1. The van der Waals surface area contributed by atoms with Crippen molar-refractivity contribution in [3.63, 3.8) is 0 Å². The molecule has 1 aliphatic rings. The molecule has 21 heavy (non-hydrogen) atoms. The predicted molar refractivity (Wildman–Crippen MR) is 84.3 cm³/mol. The SMILES string of the molecule is CCCOc1ccccc1C(=O)c1ccc2c(c1)CCN2. The summed E-state index contributed by atoms with van der Waals surface area (Å²) >= 11 is 0. The number of anilines is 1. The Labute approximate surface area is 124 Å². The second kappa shape index (κ2) is 6.00. The summed E-state index contributed by atoms with van der Waals surface area (Å²) in [5.41, 5.74) is 3.72. The van der Waals surface area contributed by atoms with Gasteiger partial charge in [0.25, 0.3) is 0 Å². The topological polar surface area (TPSA) is 38.3 Å². The van der Waals surface area contributed by atoms with E-state index in [4.69, 9.17) is 4.74 Å². The fraction of sp³-hybridized carbons (Fsp3) is 0.278. The number of ketones is 1. The summed E-state index contributed by atoms with van der Waals surface area (Å²) in [6, 6.07) is 13.3. The Kier molecular flexibility index (Phi) is 3.91. The van der Waals surface area contributed by atoms with Crippen molar-refractivity contribution in [1.29, 1.82) is 0 Å². The van der Waals surface area contributed by atoms with Crippen LogP contribution in [0.1, 0.15) is 34.8 Å². The number of benzene rings is 2. The summed E-state index contributed by atoms with van der Waals surface area (Å²) in [4.78, 5) is 12.7. The highest BCUT2D eigenvalue weighted by molar-refractivity contribution is 6.11. The number of nitrogens with one attached hydrogen (secondary N) is 1. The average Bonchev–Trinajstić information content (AvgIpc) is 3.00. The van der Waals surface area contributed by atoms with E-state index in [9.17, 15) is 4.79 Å². The molecule has 0 bridgehead atoms. The number of carbonyl (C=O) groups excluding carboxylic acids is 1. The molecule has 1 aliphatic heterocycles. The molecule has 1 N–H and O–H groups in total. The number of fused-ring (bicyclic) bond motifs is 1. The van der Waals surface area contributed by atoms with Crippen molar-refractivity contribution in [2.24, 2.45) is 0 Å². The minimum atomic E-state index is 0.0244. The van der Waals surface area contributed by atoms with Crippen LogP contribution in [0.2, 0.25) is 0 Å². The molecule has 0 saturated heterocycles. The van der Waals surface area contributed by atoms with E-state index in [0.717, 1.165) is 30.6 Å². The summed E-state index contributed by atoms with van der Waals surface area (Å²) in [5, 5.41) is 3.31. The fourth-order valence-electron chi connectivity index (χ4n) is 2.59. The zero-order chi connectivity index (χ0) is 14.7. The van der Waals surface area contributed by atoms with Crippen LogP contribution in [-0.2, 0) is 6.42 Å². The molecule has 108 valence electrons. The molecule has 2 aromatic carbocycles. The first-order valence-electron chi connectivity index (χ1n) is 7.43. The molecule has 0 spiro atoms. The van der Waals surface area contributed by atoms with E-state index >= 15 is 0 Å². The molecular weight excluding hydrogens is 262 g/mol. The zero-order valence-electron chi connectivity index (χ0n) is 12.2. The van der Waals surface area contributed by atoms with Crippen LogP contribution in [0, 0.1) is 0 Å². The highest BCUT2D eigenvalue weighted by Crippen LogP contribution is 2.26. The maximum Gasteiger partial charge on any atom is 0.196 e. The monoisotopic (exact) mass is 281 g/mol. The Morgan fingerprint density at radius 2 is 2.10 bits per heavy atom. The van der Waals surface area contributed by atoms with Gasteiger partial charge in [-0.25, -0.2) is 0 Å². The third-order valence-electron chi connectivity index (χ3n) is 3.67. The fourth-order valence-corrected chi connectivity index (χ4v) is 2.59. The van der Waals surface area contributed by atoms with Crippen molar-refractivity contribution in [2.45, 2.75) is 19.8 Å².